The molecule has 1 atom stereocenters. The zero-order valence-electron chi connectivity index (χ0n) is 15.8. The van der Waals surface area contributed by atoms with Gasteiger partial charge in [-0.1, -0.05) is 23.8 Å². The molecule has 2 amide bonds. The summed E-state index contributed by atoms with van der Waals surface area (Å²) in [6.07, 6.45) is 2.63. The number of carbonyl (C=O) groups is 2. The lowest BCUT2D eigenvalue weighted by Gasteiger charge is -2.33. The molecular weight excluding hydrogens is 346 g/mol. The van der Waals surface area contributed by atoms with Crippen LogP contribution in [-0.2, 0) is 9.59 Å². The Hall–Kier alpha value is -2.21. The molecule has 5 nitrogen and oxygen atoms in total. The molecular formula is C20H25N3O2S. The molecule has 0 aliphatic carbocycles. The smallest absolute Gasteiger partial charge is 0.248 e. The minimum Gasteiger partial charge on any atom is -0.331 e. The van der Waals surface area contributed by atoms with Gasteiger partial charge in [-0.2, -0.15) is 0 Å². The van der Waals surface area contributed by atoms with Crippen LogP contribution in [0.1, 0.15) is 42.2 Å². The van der Waals surface area contributed by atoms with E-state index in [0.717, 1.165) is 29.0 Å². The Morgan fingerprint density at radius 1 is 1.23 bits per heavy atom. The Morgan fingerprint density at radius 3 is 2.69 bits per heavy atom. The van der Waals surface area contributed by atoms with Crippen molar-refractivity contribution in [2.24, 2.45) is 0 Å². The van der Waals surface area contributed by atoms with E-state index in [1.54, 1.807) is 4.90 Å². The van der Waals surface area contributed by atoms with Crippen LogP contribution < -0.4 is 5.32 Å². The molecule has 3 rings (SSSR count). The molecule has 2 aromatic rings. The predicted molar refractivity (Wildman–Crippen MR) is 105 cm³/mol. The van der Waals surface area contributed by atoms with Crippen LogP contribution in [-0.4, -0.2) is 34.3 Å². The zero-order valence-corrected chi connectivity index (χ0v) is 16.6. The van der Waals surface area contributed by atoms with Crippen LogP contribution in [0.2, 0.25) is 0 Å². The van der Waals surface area contributed by atoms with Crippen LogP contribution >= 0.6 is 11.3 Å². The third-order valence-corrected chi connectivity index (χ3v) is 5.76. The number of benzene rings is 1. The van der Waals surface area contributed by atoms with E-state index in [4.69, 9.17) is 0 Å². The molecule has 2 heterocycles. The fourth-order valence-electron chi connectivity index (χ4n) is 3.55. The Morgan fingerprint density at radius 2 is 2.00 bits per heavy atom. The molecule has 1 aromatic carbocycles. The van der Waals surface area contributed by atoms with Gasteiger partial charge in [0, 0.05) is 23.9 Å². The first-order valence-electron chi connectivity index (χ1n) is 9.00. The average molecular weight is 372 g/mol. The van der Waals surface area contributed by atoms with E-state index in [1.807, 2.05) is 6.92 Å². The molecule has 138 valence electrons. The molecule has 1 N–H and O–H groups in total. The number of anilines is 1. The highest BCUT2D eigenvalue weighted by atomic mass is 32.1. The average Bonchev–Trinajstić information content (AvgIpc) is 2.94. The molecule has 0 radical (unpaired) electrons. The van der Waals surface area contributed by atoms with Crippen LogP contribution in [0.4, 0.5) is 5.13 Å². The molecule has 1 aromatic heterocycles. The number of aryl methyl sites for hydroxylation is 3. The summed E-state index contributed by atoms with van der Waals surface area (Å²) in [5, 5.41) is 3.53. The number of amides is 2. The summed E-state index contributed by atoms with van der Waals surface area (Å²) in [6, 6.07) is 5.90. The van der Waals surface area contributed by atoms with E-state index < -0.39 is 6.04 Å². The van der Waals surface area contributed by atoms with Gasteiger partial charge in [-0.05, 0) is 45.6 Å². The molecule has 6 heteroatoms. The molecule has 0 bridgehead atoms. The van der Waals surface area contributed by atoms with Crippen LogP contribution in [0.25, 0.3) is 11.3 Å². The van der Waals surface area contributed by atoms with E-state index >= 15 is 0 Å². The number of hydrogen-bond acceptors (Lipinski definition) is 4. The fraction of sp³-hybridized carbons (Fsp3) is 0.450. The summed E-state index contributed by atoms with van der Waals surface area (Å²) in [5.74, 6) is -0.183. The number of piperidine rings is 1. The Balaban J connectivity index is 1.80. The number of likely N-dealkylation sites (tertiary alicyclic amines) is 1. The molecule has 1 unspecified atom stereocenters. The summed E-state index contributed by atoms with van der Waals surface area (Å²) in [5.41, 5.74) is 4.39. The molecule has 1 aliphatic heterocycles. The number of nitrogens with zero attached hydrogens (tertiary/aromatic N) is 2. The number of hydrogen-bond donors (Lipinski definition) is 1. The topological polar surface area (TPSA) is 62.3 Å². The van der Waals surface area contributed by atoms with E-state index in [0.29, 0.717) is 18.1 Å². The van der Waals surface area contributed by atoms with Crippen molar-refractivity contribution in [3.05, 3.63) is 34.2 Å². The second kappa shape index (κ2) is 7.58. The Kier molecular flexibility index (Phi) is 5.41. The largest absolute Gasteiger partial charge is 0.331 e. The van der Waals surface area contributed by atoms with Gasteiger partial charge >= 0.3 is 0 Å². The predicted octanol–water partition coefficient (Wildman–Crippen LogP) is 4.07. The SMILES string of the molecule is CC(=O)N1CCCCC1C(=O)Nc1nc(-c2ccc(C)cc2C)c(C)s1. The maximum Gasteiger partial charge on any atom is 0.248 e. The van der Waals surface area contributed by atoms with Gasteiger partial charge in [0.1, 0.15) is 6.04 Å². The van der Waals surface area contributed by atoms with Gasteiger partial charge in [-0.15, -0.1) is 11.3 Å². The maximum absolute atomic E-state index is 12.7. The molecule has 1 saturated heterocycles. The van der Waals surface area contributed by atoms with Crippen molar-refractivity contribution in [1.29, 1.82) is 0 Å². The van der Waals surface area contributed by atoms with Gasteiger partial charge < -0.3 is 10.2 Å². The minimum atomic E-state index is -0.394. The minimum absolute atomic E-state index is 0.0452. The number of aromatic nitrogens is 1. The number of rotatable bonds is 3. The molecule has 0 saturated carbocycles. The standard InChI is InChI=1S/C20H25N3O2S/c1-12-8-9-16(13(2)11-12)18-14(3)26-20(21-18)22-19(25)17-7-5-6-10-23(17)15(4)24/h8-9,11,17H,5-7,10H2,1-4H3,(H,21,22,25). The number of nitrogens with one attached hydrogen (secondary N) is 1. The van der Waals surface area contributed by atoms with Gasteiger partial charge in [0.15, 0.2) is 5.13 Å². The van der Waals surface area contributed by atoms with Crippen LogP contribution in [0.3, 0.4) is 0 Å². The van der Waals surface area contributed by atoms with Gasteiger partial charge in [0.25, 0.3) is 0 Å². The van der Waals surface area contributed by atoms with Crippen molar-refractivity contribution in [3.8, 4) is 11.3 Å². The normalized spacial score (nSPS) is 17.2. The van der Waals surface area contributed by atoms with E-state index in [9.17, 15) is 9.59 Å². The van der Waals surface area contributed by atoms with Crippen molar-refractivity contribution >= 4 is 28.3 Å². The summed E-state index contributed by atoms with van der Waals surface area (Å²) < 4.78 is 0. The lowest BCUT2D eigenvalue weighted by atomic mass is 10.0. The summed E-state index contributed by atoms with van der Waals surface area (Å²) in [6.45, 7) is 8.34. The molecule has 1 fully saturated rings. The summed E-state index contributed by atoms with van der Waals surface area (Å²) in [7, 11) is 0. The quantitative estimate of drug-likeness (QED) is 0.884. The first-order chi connectivity index (χ1) is 12.4. The summed E-state index contributed by atoms with van der Waals surface area (Å²) in [4.78, 5) is 31.9. The molecule has 1 aliphatic rings. The maximum atomic E-state index is 12.7. The van der Waals surface area contributed by atoms with Crippen molar-refractivity contribution < 1.29 is 9.59 Å². The van der Waals surface area contributed by atoms with Gasteiger partial charge in [-0.25, -0.2) is 4.98 Å². The number of carbonyl (C=O) groups excluding carboxylic acids is 2. The van der Waals surface area contributed by atoms with Crippen molar-refractivity contribution in [2.75, 3.05) is 11.9 Å². The van der Waals surface area contributed by atoms with Gasteiger partial charge in [-0.3, -0.25) is 9.59 Å². The first-order valence-corrected chi connectivity index (χ1v) is 9.81. The first kappa shape index (κ1) is 18.6. The van der Waals surface area contributed by atoms with E-state index in [2.05, 4.69) is 42.3 Å². The lowest BCUT2D eigenvalue weighted by molar-refractivity contribution is -0.138. The van der Waals surface area contributed by atoms with Crippen LogP contribution in [0.15, 0.2) is 18.2 Å². The third kappa shape index (κ3) is 3.80. The van der Waals surface area contributed by atoms with Gasteiger partial charge in [0.05, 0.1) is 5.69 Å². The Labute approximate surface area is 158 Å². The van der Waals surface area contributed by atoms with Crippen molar-refractivity contribution in [3.63, 3.8) is 0 Å². The van der Waals surface area contributed by atoms with E-state index in [-0.39, 0.29) is 11.8 Å². The van der Waals surface area contributed by atoms with Crippen molar-refractivity contribution in [1.82, 2.24) is 9.88 Å². The number of thiazole rings is 1. The summed E-state index contributed by atoms with van der Waals surface area (Å²) >= 11 is 1.48. The molecule has 26 heavy (non-hydrogen) atoms. The second-order valence-electron chi connectivity index (χ2n) is 6.96. The van der Waals surface area contributed by atoms with E-state index in [1.165, 1.54) is 29.4 Å². The van der Waals surface area contributed by atoms with Crippen molar-refractivity contribution in [2.45, 2.75) is 53.0 Å². The highest BCUT2D eigenvalue weighted by Crippen LogP contribution is 2.33. The Bertz CT molecular complexity index is 844. The van der Waals surface area contributed by atoms with Crippen LogP contribution in [0.5, 0.6) is 0 Å². The third-order valence-electron chi connectivity index (χ3n) is 4.87. The zero-order chi connectivity index (χ0) is 18.8. The molecule has 0 spiro atoms. The second-order valence-corrected chi connectivity index (χ2v) is 8.16. The highest BCUT2D eigenvalue weighted by Gasteiger charge is 2.31. The van der Waals surface area contributed by atoms with Gasteiger partial charge in [0.2, 0.25) is 11.8 Å². The fourth-order valence-corrected chi connectivity index (χ4v) is 4.38. The monoisotopic (exact) mass is 371 g/mol. The van der Waals surface area contributed by atoms with Crippen LogP contribution in [0, 0.1) is 20.8 Å². The highest BCUT2D eigenvalue weighted by molar-refractivity contribution is 7.16. The lowest BCUT2D eigenvalue weighted by Crippen LogP contribution is -2.49.